The number of benzene rings is 1. The van der Waals surface area contributed by atoms with E-state index in [1.165, 1.54) is 37.6 Å². The average Bonchev–Trinajstić information content (AvgIpc) is 2.84. The van der Waals surface area contributed by atoms with Gasteiger partial charge in [0.1, 0.15) is 29.0 Å². The highest BCUT2D eigenvalue weighted by molar-refractivity contribution is 7.86. The molecule has 3 aromatic rings. The lowest BCUT2D eigenvalue weighted by Gasteiger charge is -2.13. The Morgan fingerprint density at radius 2 is 1.82 bits per heavy atom. The number of rotatable bonds is 9. The van der Waals surface area contributed by atoms with Gasteiger partial charge >= 0.3 is 18.2 Å². The van der Waals surface area contributed by atoms with Crippen molar-refractivity contribution in [3.05, 3.63) is 66.0 Å². The molecule has 0 saturated heterocycles. The summed E-state index contributed by atoms with van der Waals surface area (Å²) >= 11 is 0. The zero-order chi connectivity index (χ0) is 27.9. The van der Waals surface area contributed by atoms with Gasteiger partial charge in [0.25, 0.3) is 0 Å². The number of aromatic nitrogens is 2. The maximum absolute atomic E-state index is 14.5. The van der Waals surface area contributed by atoms with Crippen LogP contribution in [-0.2, 0) is 21.2 Å². The van der Waals surface area contributed by atoms with Crippen LogP contribution in [0.5, 0.6) is 5.75 Å². The molecule has 0 aliphatic rings. The summed E-state index contributed by atoms with van der Waals surface area (Å²) in [6.45, 7) is -0.210. The molecule has 0 fully saturated rings. The van der Waals surface area contributed by atoms with Crippen molar-refractivity contribution in [1.82, 2.24) is 15.3 Å². The van der Waals surface area contributed by atoms with Crippen LogP contribution in [0.25, 0.3) is 11.1 Å². The first-order valence-electron chi connectivity index (χ1n) is 10.6. The van der Waals surface area contributed by atoms with E-state index in [2.05, 4.69) is 19.6 Å². The fraction of sp³-hybridized carbons (Fsp3) is 0.217. The minimum atomic E-state index is -5.16. The van der Waals surface area contributed by atoms with E-state index in [-0.39, 0.29) is 46.6 Å². The number of carbonyl (C=O) groups is 2. The Morgan fingerprint density at radius 1 is 1.08 bits per heavy atom. The van der Waals surface area contributed by atoms with Gasteiger partial charge in [0, 0.05) is 41.4 Å². The molecule has 1 atom stereocenters. The third-order valence-corrected chi connectivity index (χ3v) is 6.56. The van der Waals surface area contributed by atoms with Gasteiger partial charge in [-0.25, -0.2) is 23.5 Å². The topological polar surface area (TPSA) is 126 Å². The standard InChI is InChI=1S/C23H20F5N5O4S/c1-37-18-9-14(24)2-3-15(18)16-10-20(31-11-17(16)25)32-19-8-13(4-5-29-19)12-38(7-6-30-22(35)36)33-21(34)23(26,27)28/h2-5,8-11,30H,6-7,12H2,1H3,(H,35,36)(H,29,31,32). The number of halogens is 5. The number of anilines is 2. The van der Waals surface area contributed by atoms with Crippen LogP contribution < -0.4 is 15.4 Å². The summed E-state index contributed by atoms with van der Waals surface area (Å²) in [6.07, 6.45) is -4.22. The molecule has 0 bridgehead atoms. The van der Waals surface area contributed by atoms with Gasteiger partial charge in [0.15, 0.2) is 0 Å². The van der Waals surface area contributed by atoms with Crippen LogP contribution in [0.3, 0.4) is 0 Å². The molecule has 0 aliphatic carbocycles. The number of hydrogen-bond acceptors (Lipinski definition) is 6. The van der Waals surface area contributed by atoms with Crippen molar-refractivity contribution in [2.24, 2.45) is 4.36 Å². The first-order chi connectivity index (χ1) is 18.0. The van der Waals surface area contributed by atoms with Gasteiger partial charge in [-0.3, -0.25) is 4.79 Å². The molecule has 0 radical (unpaired) electrons. The molecule has 2 heterocycles. The molecule has 0 spiro atoms. The molecule has 3 rings (SSSR count). The number of hydrogen-bond donors (Lipinski definition) is 3. The Bertz CT molecular complexity index is 1370. The third-order valence-electron chi connectivity index (χ3n) is 4.79. The predicted molar refractivity (Wildman–Crippen MR) is 129 cm³/mol. The van der Waals surface area contributed by atoms with E-state index in [1.807, 2.05) is 5.32 Å². The van der Waals surface area contributed by atoms with Crippen LogP contribution in [0.15, 0.2) is 53.2 Å². The number of methoxy groups -OCH3 is 1. The SMILES string of the molecule is COc1cc(F)ccc1-c1cc(Nc2cc(CS(CCNC(=O)O)=NC(=O)C(F)(F)F)ccn2)ncc1F. The molecule has 38 heavy (non-hydrogen) atoms. The normalized spacial score (nSPS) is 12.2. The fourth-order valence-corrected chi connectivity index (χ4v) is 4.69. The highest BCUT2D eigenvalue weighted by atomic mass is 32.2. The van der Waals surface area contributed by atoms with Crippen LogP contribution in [0.1, 0.15) is 5.56 Å². The molecule has 1 unspecified atom stereocenters. The van der Waals surface area contributed by atoms with Crippen LogP contribution in [-0.4, -0.2) is 52.7 Å². The second kappa shape index (κ2) is 12.4. The summed E-state index contributed by atoms with van der Waals surface area (Å²) in [5.74, 6) is -3.31. The largest absolute Gasteiger partial charge is 0.496 e. The van der Waals surface area contributed by atoms with Crippen molar-refractivity contribution < 1.29 is 41.4 Å². The van der Waals surface area contributed by atoms with E-state index >= 15 is 0 Å². The molecule has 2 aromatic heterocycles. The molecule has 0 aliphatic heterocycles. The van der Waals surface area contributed by atoms with E-state index in [1.54, 1.807) is 0 Å². The number of carboxylic acid groups (broad SMARTS) is 1. The Hall–Kier alpha value is -4.14. The Morgan fingerprint density at radius 3 is 2.50 bits per heavy atom. The molecular weight excluding hydrogens is 537 g/mol. The molecule has 1 aromatic carbocycles. The molecular formula is C23H20F5N5O4S. The van der Waals surface area contributed by atoms with Crippen LogP contribution >= 0.6 is 0 Å². The second-order valence-corrected chi connectivity index (χ2v) is 9.31. The zero-order valence-electron chi connectivity index (χ0n) is 19.6. The van der Waals surface area contributed by atoms with Crippen molar-refractivity contribution in [1.29, 1.82) is 0 Å². The predicted octanol–water partition coefficient (Wildman–Crippen LogP) is 4.83. The number of nitrogens with one attached hydrogen (secondary N) is 2. The van der Waals surface area contributed by atoms with E-state index < -0.39 is 40.5 Å². The minimum absolute atomic E-state index is 0.0624. The number of pyridine rings is 2. The Labute approximate surface area is 215 Å². The molecule has 3 N–H and O–H groups in total. The van der Waals surface area contributed by atoms with E-state index in [9.17, 15) is 31.5 Å². The maximum atomic E-state index is 14.5. The van der Waals surface area contributed by atoms with Crippen molar-refractivity contribution in [3.8, 4) is 16.9 Å². The summed E-state index contributed by atoms with van der Waals surface area (Å²) in [5, 5.41) is 13.6. The number of carbonyl (C=O) groups excluding carboxylic acids is 1. The summed E-state index contributed by atoms with van der Waals surface area (Å²) in [6, 6.07) is 7.91. The van der Waals surface area contributed by atoms with Crippen molar-refractivity contribution in [2.45, 2.75) is 11.9 Å². The number of ether oxygens (including phenoxy) is 1. The van der Waals surface area contributed by atoms with Gasteiger partial charge in [0.2, 0.25) is 0 Å². The summed E-state index contributed by atoms with van der Waals surface area (Å²) in [7, 11) is -0.185. The highest BCUT2D eigenvalue weighted by Gasteiger charge is 2.38. The lowest BCUT2D eigenvalue weighted by molar-refractivity contribution is -0.169. The first-order valence-corrected chi connectivity index (χ1v) is 12.2. The molecule has 9 nitrogen and oxygen atoms in total. The van der Waals surface area contributed by atoms with Crippen LogP contribution in [0.2, 0.25) is 0 Å². The van der Waals surface area contributed by atoms with Gasteiger partial charge in [-0.2, -0.15) is 17.5 Å². The van der Waals surface area contributed by atoms with Gasteiger partial charge in [-0.1, -0.05) is 10.7 Å². The second-order valence-electron chi connectivity index (χ2n) is 7.51. The molecule has 202 valence electrons. The van der Waals surface area contributed by atoms with Crippen LogP contribution in [0, 0.1) is 11.6 Å². The summed E-state index contributed by atoms with van der Waals surface area (Å²) in [5.41, 5.74) is 0.781. The zero-order valence-corrected chi connectivity index (χ0v) is 20.4. The minimum Gasteiger partial charge on any atom is -0.496 e. The quantitative estimate of drug-likeness (QED) is 0.322. The Kier molecular flexibility index (Phi) is 9.28. The van der Waals surface area contributed by atoms with Gasteiger partial charge in [-0.05, 0) is 35.9 Å². The lowest BCUT2D eigenvalue weighted by atomic mass is 10.0. The van der Waals surface area contributed by atoms with E-state index in [4.69, 9.17) is 9.84 Å². The van der Waals surface area contributed by atoms with E-state index in [0.717, 1.165) is 18.3 Å². The first kappa shape index (κ1) is 28.4. The summed E-state index contributed by atoms with van der Waals surface area (Å²) < 4.78 is 74.7. The average molecular weight is 558 g/mol. The van der Waals surface area contributed by atoms with Crippen molar-refractivity contribution in [2.75, 3.05) is 24.7 Å². The third kappa shape index (κ3) is 7.93. The molecule has 15 heteroatoms. The number of nitrogens with zero attached hydrogens (tertiary/aromatic N) is 3. The smallest absolute Gasteiger partial charge is 0.474 e. The van der Waals surface area contributed by atoms with Crippen LogP contribution in [0.4, 0.5) is 38.4 Å². The highest BCUT2D eigenvalue weighted by Crippen LogP contribution is 2.33. The van der Waals surface area contributed by atoms with Crippen molar-refractivity contribution in [3.63, 3.8) is 0 Å². The van der Waals surface area contributed by atoms with E-state index in [0.29, 0.717) is 5.56 Å². The number of amides is 2. The fourth-order valence-electron chi connectivity index (χ4n) is 3.15. The Balaban J connectivity index is 1.84. The van der Waals surface area contributed by atoms with Gasteiger partial charge < -0.3 is 20.5 Å². The van der Waals surface area contributed by atoms with Gasteiger partial charge in [-0.15, -0.1) is 0 Å². The molecule has 2 amide bonds. The number of alkyl halides is 3. The van der Waals surface area contributed by atoms with Gasteiger partial charge in [0.05, 0.1) is 13.3 Å². The lowest BCUT2D eigenvalue weighted by Crippen LogP contribution is -2.27. The molecule has 0 saturated carbocycles. The maximum Gasteiger partial charge on any atom is 0.474 e. The van der Waals surface area contributed by atoms with Crippen molar-refractivity contribution >= 4 is 34.3 Å². The summed E-state index contributed by atoms with van der Waals surface area (Å²) in [4.78, 5) is 30.1. The monoisotopic (exact) mass is 557 g/mol.